The molecule has 0 atom stereocenters. The zero-order chi connectivity index (χ0) is 16.7. The number of hydrogen-bond donors (Lipinski definition) is 0. The number of tetrazole rings is 1. The lowest BCUT2D eigenvalue weighted by molar-refractivity contribution is -0.150. The van der Waals surface area contributed by atoms with Gasteiger partial charge in [-0.05, 0) is 54.5 Å². The Morgan fingerprint density at radius 1 is 1.08 bits per heavy atom. The molecule has 1 aliphatic rings. The lowest BCUT2D eigenvalue weighted by atomic mass is 9.91. The van der Waals surface area contributed by atoms with E-state index in [0.29, 0.717) is 12.5 Å². The van der Waals surface area contributed by atoms with E-state index in [1.165, 1.54) is 12.0 Å². The molecular formula is C18H25ClN4O. The average molecular weight is 349 g/mol. The van der Waals surface area contributed by atoms with Crippen LogP contribution in [-0.2, 0) is 23.5 Å². The first-order chi connectivity index (χ1) is 11.8. The molecule has 1 aromatic heterocycles. The molecule has 130 valence electrons. The molecule has 0 unspecified atom stereocenters. The van der Waals surface area contributed by atoms with Gasteiger partial charge in [0.05, 0.1) is 6.61 Å². The molecule has 0 spiro atoms. The second-order valence-corrected chi connectivity index (χ2v) is 6.81. The number of halogens is 1. The number of benzene rings is 1. The molecule has 1 heterocycles. The van der Waals surface area contributed by atoms with Gasteiger partial charge in [0.2, 0.25) is 0 Å². The Kier molecular flexibility index (Phi) is 6.21. The Labute approximate surface area is 148 Å². The van der Waals surface area contributed by atoms with E-state index in [2.05, 4.69) is 27.7 Å². The van der Waals surface area contributed by atoms with E-state index in [-0.39, 0.29) is 0 Å². The van der Waals surface area contributed by atoms with Crippen molar-refractivity contribution in [2.45, 2.75) is 63.7 Å². The van der Waals surface area contributed by atoms with Crippen molar-refractivity contribution in [3.05, 3.63) is 41.7 Å². The predicted octanol–water partition coefficient (Wildman–Crippen LogP) is 4.07. The van der Waals surface area contributed by atoms with Gasteiger partial charge in [-0.2, -0.15) is 4.68 Å². The van der Waals surface area contributed by atoms with E-state index >= 15 is 0 Å². The van der Waals surface area contributed by atoms with Crippen molar-refractivity contribution in [2.75, 3.05) is 5.88 Å². The summed E-state index contributed by atoms with van der Waals surface area (Å²) in [4.78, 5) is 0. The Morgan fingerprint density at radius 2 is 1.88 bits per heavy atom. The number of unbranched alkanes of at least 4 members (excludes halogenated alkanes) is 1. The Morgan fingerprint density at radius 3 is 2.62 bits per heavy atom. The van der Waals surface area contributed by atoms with Gasteiger partial charge in [0, 0.05) is 12.3 Å². The van der Waals surface area contributed by atoms with Crippen LogP contribution in [0.5, 0.6) is 0 Å². The summed E-state index contributed by atoms with van der Waals surface area (Å²) < 4.78 is 8.39. The first-order valence-electron chi connectivity index (χ1n) is 8.86. The third-order valence-electron chi connectivity index (χ3n) is 4.69. The minimum atomic E-state index is -0.409. The summed E-state index contributed by atoms with van der Waals surface area (Å²) in [6, 6.07) is 10.3. The summed E-state index contributed by atoms with van der Waals surface area (Å²) in [5.41, 5.74) is 0.771. The number of ether oxygens (including phenoxy) is 1. The van der Waals surface area contributed by atoms with E-state index < -0.39 is 5.72 Å². The van der Waals surface area contributed by atoms with Crippen molar-refractivity contribution in [3.63, 3.8) is 0 Å². The van der Waals surface area contributed by atoms with Gasteiger partial charge >= 0.3 is 0 Å². The first kappa shape index (κ1) is 17.4. The number of nitrogens with zero attached hydrogens (tertiary/aromatic N) is 4. The summed E-state index contributed by atoms with van der Waals surface area (Å²) >= 11 is 5.79. The molecule has 24 heavy (non-hydrogen) atoms. The van der Waals surface area contributed by atoms with Crippen LogP contribution in [0.1, 0.15) is 56.3 Å². The SMILES string of the molecule is ClCCCCc1nnnn1C1(OCc2ccccc2)CCCCC1. The molecule has 1 aliphatic carbocycles. The molecule has 0 saturated heterocycles. The second-order valence-electron chi connectivity index (χ2n) is 6.43. The van der Waals surface area contributed by atoms with Crippen LogP contribution in [0.2, 0.25) is 0 Å². The van der Waals surface area contributed by atoms with E-state index in [4.69, 9.17) is 16.3 Å². The fourth-order valence-electron chi connectivity index (χ4n) is 3.37. The predicted molar refractivity (Wildman–Crippen MR) is 93.8 cm³/mol. The van der Waals surface area contributed by atoms with Crippen LogP contribution in [0.4, 0.5) is 0 Å². The van der Waals surface area contributed by atoms with Gasteiger partial charge in [-0.1, -0.05) is 36.8 Å². The molecule has 0 aliphatic heterocycles. The smallest absolute Gasteiger partial charge is 0.165 e. The van der Waals surface area contributed by atoms with Crippen LogP contribution in [0.15, 0.2) is 30.3 Å². The van der Waals surface area contributed by atoms with Crippen LogP contribution in [0.3, 0.4) is 0 Å². The summed E-state index contributed by atoms with van der Waals surface area (Å²) in [7, 11) is 0. The Hall–Kier alpha value is -1.46. The van der Waals surface area contributed by atoms with Gasteiger partial charge in [0.1, 0.15) is 0 Å². The van der Waals surface area contributed by atoms with Crippen LogP contribution in [-0.4, -0.2) is 26.1 Å². The monoisotopic (exact) mass is 348 g/mol. The van der Waals surface area contributed by atoms with Gasteiger partial charge in [-0.3, -0.25) is 0 Å². The van der Waals surface area contributed by atoms with Crippen LogP contribution in [0.25, 0.3) is 0 Å². The van der Waals surface area contributed by atoms with Gasteiger partial charge in [0.25, 0.3) is 0 Å². The summed E-state index contributed by atoms with van der Waals surface area (Å²) in [6.07, 6.45) is 8.30. The van der Waals surface area contributed by atoms with E-state index in [1.54, 1.807) is 0 Å². The standard InChI is InChI=1S/C18H25ClN4O/c19-14-8-5-11-17-20-21-22-23(17)18(12-6-2-7-13-18)24-15-16-9-3-1-4-10-16/h1,3-4,9-10H,2,5-8,11-15H2. The van der Waals surface area contributed by atoms with Crippen LogP contribution < -0.4 is 0 Å². The maximum absolute atomic E-state index is 6.44. The van der Waals surface area contributed by atoms with Gasteiger partial charge < -0.3 is 4.74 Å². The molecule has 1 aromatic carbocycles. The average Bonchev–Trinajstić information content (AvgIpc) is 3.11. The lowest BCUT2D eigenvalue weighted by Crippen LogP contribution is -2.40. The number of alkyl halides is 1. The number of aromatic nitrogens is 4. The normalized spacial score (nSPS) is 17.0. The van der Waals surface area contributed by atoms with Crippen molar-refractivity contribution >= 4 is 11.6 Å². The van der Waals surface area contributed by atoms with Crippen LogP contribution >= 0.6 is 11.6 Å². The number of hydrogen-bond acceptors (Lipinski definition) is 4. The summed E-state index contributed by atoms with van der Waals surface area (Å²) in [6.45, 7) is 0.585. The van der Waals surface area contributed by atoms with Crippen molar-refractivity contribution in [1.29, 1.82) is 0 Å². The largest absolute Gasteiger partial charge is 0.349 e. The van der Waals surface area contributed by atoms with Gasteiger partial charge in [-0.25, -0.2) is 0 Å². The molecule has 0 amide bonds. The number of rotatable bonds is 8. The molecule has 0 N–H and O–H groups in total. The second kappa shape index (κ2) is 8.58. The molecule has 0 radical (unpaired) electrons. The third-order valence-corrected chi connectivity index (χ3v) is 4.96. The van der Waals surface area contributed by atoms with E-state index in [0.717, 1.165) is 50.8 Å². The quantitative estimate of drug-likeness (QED) is 0.533. The molecule has 0 bridgehead atoms. The Balaban J connectivity index is 1.77. The highest BCUT2D eigenvalue weighted by molar-refractivity contribution is 6.17. The molecule has 3 rings (SSSR count). The highest BCUT2D eigenvalue weighted by atomic mass is 35.5. The summed E-state index contributed by atoms with van der Waals surface area (Å²) in [5.74, 6) is 1.59. The maximum Gasteiger partial charge on any atom is 0.165 e. The first-order valence-corrected chi connectivity index (χ1v) is 9.39. The minimum absolute atomic E-state index is 0.409. The van der Waals surface area contributed by atoms with Crippen molar-refractivity contribution in [1.82, 2.24) is 20.2 Å². The lowest BCUT2D eigenvalue weighted by Gasteiger charge is -2.37. The Bertz CT molecular complexity index is 610. The van der Waals surface area contributed by atoms with E-state index in [9.17, 15) is 0 Å². The van der Waals surface area contributed by atoms with Crippen molar-refractivity contribution < 1.29 is 4.74 Å². The van der Waals surface area contributed by atoms with Crippen molar-refractivity contribution in [3.8, 4) is 0 Å². The highest BCUT2D eigenvalue weighted by Gasteiger charge is 2.38. The number of aryl methyl sites for hydroxylation is 1. The van der Waals surface area contributed by atoms with Crippen molar-refractivity contribution in [2.24, 2.45) is 0 Å². The molecule has 6 heteroatoms. The summed E-state index contributed by atoms with van der Waals surface area (Å²) in [5, 5.41) is 12.5. The zero-order valence-corrected chi connectivity index (χ0v) is 14.8. The third kappa shape index (κ3) is 4.14. The van der Waals surface area contributed by atoms with E-state index in [1.807, 2.05) is 22.9 Å². The van der Waals surface area contributed by atoms with Gasteiger partial charge in [0.15, 0.2) is 11.5 Å². The minimum Gasteiger partial charge on any atom is -0.349 e. The highest BCUT2D eigenvalue weighted by Crippen LogP contribution is 2.37. The zero-order valence-electron chi connectivity index (χ0n) is 14.0. The molecule has 2 aromatic rings. The molecule has 1 saturated carbocycles. The fourth-order valence-corrected chi connectivity index (χ4v) is 3.56. The maximum atomic E-state index is 6.44. The fraction of sp³-hybridized carbons (Fsp3) is 0.611. The van der Waals surface area contributed by atoms with Crippen LogP contribution in [0, 0.1) is 0 Å². The molecular weight excluding hydrogens is 324 g/mol. The van der Waals surface area contributed by atoms with Gasteiger partial charge in [-0.15, -0.1) is 16.7 Å². The molecule has 5 nitrogen and oxygen atoms in total. The topological polar surface area (TPSA) is 52.8 Å². The molecule has 1 fully saturated rings.